The molecular formula is C28H28N4O2. The first-order chi connectivity index (χ1) is 16.7. The average Bonchev–Trinajstić information content (AvgIpc) is 3.43. The van der Waals surface area contributed by atoms with Crippen LogP contribution in [0.2, 0.25) is 0 Å². The van der Waals surface area contributed by atoms with E-state index in [2.05, 4.69) is 58.5 Å². The summed E-state index contributed by atoms with van der Waals surface area (Å²) in [6.07, 6.45) is 2.04. The number of nitrogens with one attached hydrogen (secondary N) is 1. The van der Waals surface area contributed by atoms with E-state index in [0.717, 1.165) is 58.7 Å². The smallest absolute Gasteiger partial charge is 0.320 e. The maximum absolute atomic E-state index is 13.6. The summed E-state index contributed by atoms with van der Waals surface area (Å²) in [5.74, 6) is 1.77. The van der Waals surface area contributed by atoms with Crippen LogP contribution in [0.3, 0.4) is 0 Å². The van der Waals surface area contributed by atoms with Crippen LogP contribution in [0.15, 0.2) is 66.7 Å². The average molecular weight is 453 g/mol. The number of urea groups is 1. The molecule has 1 unspecified atom stereocenters. The molecule has 2 amide bonds. The van der Waals surface area contributed by atoms with Gasteiger partial charge in [0.2, 0.25) is 0 Å². The lowest BCUT2D eigenvalue weighted by atomic mass is 10.0. The Labute approximate surface area is 199 Å². The molecule has 0 saturated carbocycles. The van der Waals surface area contributed by atoms with Gasteiger partial charge in [0.15, 0.2) is 0 Å². The van der Waals surface area contributed by atoms with Gasteiger partial charge in [0.25, 0.3) is 0 Å². The summed E-state index contributed by atoms with van der Waals surface area (Å²) in [5.41, 5.74) is 6.47. The maximum atomic E-state index is 13.6. The van der Waals surface area contributed by atoms with Crippen LogP contribution in [0, 0.1) is 6.92 Å². The van der Waals surface area contributed by atoms with Crippen molar-refractivity contribution in [2.75, 3.05) is 19.7 Å². The van der Waals surface area contributed by atoms with Crippen molar-refractivity contribution in [3.05, 3.63) is 83.7 Å². The van der Waals surface area contributed by atoms with Gasteiger partial charge in [0.1, 0.15) is 18.2 Å². The van der Waals surface area contributed by atoms with E-state index in [1.54, 1.807) is 0 Å². The molecule has 4 aromatic rings. The number of aromatic amines is 1. The summed E-state index contributed by atoms with van der Waals surface area (Å²) < 4.78 is 6.04. The van der Waals surface area contributed by atoms with E-state index in [0.29, 0.717) is 19.7 Å². The molecule has 3 heterocycles. The van der Waals surface area contributed by atoms with Crippen molar-refractivity contribution in [2.45, 2.75) is 32.4 Å². The molecule has 34 heavy (non-hydrogen) atoms. The molecule has 172 valence electrons. The molecule has 6 nitrogen and oxygen atoms in total. The summed E-state index contributed by atoms with van der Waals surface area (Å²) in [4.78, 5) is 25.4. The van der Waals surface area contributed by atoms with Crippen molar-refractivity contribution in [2.24, 2.45) is 0 Å². The van der Waals surface area contributed by atoms with Gasteiger partial charge >= 0.3 is 6.03 Å². The van der Waals surface area contributed by atoms with Gasteiger partial charge < -0.3 is 19.5 Å². The number of imidazole rings is 1. The first-order valence-corrected chi connectivity index (χ1v) is 12.0. The van der Waals surface area contributed by atoms with Gasteiger partial charge in [-0.25, -0.2) is 9.78 Å². The number of hydrogen-bond donors (Lipinski definition) is 1. The number of hydrogen-bond acceptors (Lipinski definition) is 3. The Morgan fingerprint density at radius 3 is 2.74 bits per heavy atom. The highest BCUT2D eigenvalue weighted by Crippen LogP contribution is 2.35. The topological polar surface area (TPSA) is 61.5 Å². The highest BCUT2D eigenvalue weighted by Gasteiger charge is 2.33. The number of amides is 2. The van der Waals surface area contributed by atoms with Gasteiger partial charge in [-0.15, -0.1) is 0 Å². The Kier molecular flexibility index (Phi) is 5.21. The highest BCUT2D eigenvalue weighted by atomic mass is 16.5. The van der Waals surface area contributed by atoms with Crippen molar-refractivity contribution in [3.8, 4) is 16.9 Å². The Balaban J connectivity index is 1.27. The number of fused-ring (bicyclic) bond motifs is 2. The number of H-pyrrole nitrogens is 1. The lowest BCUT2D eigenvalue weighted by Gasteiger charge is -2.31. The van der Waals surface area contributed by atoms with Gasteiger partial charge in [-0.05, 0) is 60.7 Å². The van der Waals surface area contributed by atoms with Gasteiger partial charge in [-0.1, -0.05) is 42.5 Å². The minimum atomic E-state index is 0.0996. The second-order valence-corrected chi connectivity index (χ2v) is 9.19. The van der Waals surface area contributed by atoms with Crippen molar-refractivity contribution in [1.82, 2.24) is 19.8 Å². The zero-order chi connectivity index (χ0) is 23.1. The van der Waals surface area contributed by atoms with Crippen molar-refractivity contribution in [1.29, 1.82) is 0 Å². The molecule has 0 bridgehead atoms. The summed E-state index contributed by atoms with van der Waals surface area (Å²) in [6.45, 7) is 4.40. The summed E-state index contributed by atoms with van der Waals surface area (Å²) >= 11 is 0. The predicted octanol–water partition coefficient (Wildman–Crippen LogP) is 5.69. The summed E-state index contributed by atoms with van der Waals surface area (Å²) in [6, 6.07) is 23.2. The molecule has 0 spiro atoms. The Hall–Kier alpha value is -3.80. The Morgan fingerprint density at radius 2 is 1.85 bits per heavy atom. The lowest BCUT2D eigenvalue weighted by molar-refractivity contribution is 0.141. The molecule has 1 N–H and O–H groups in total. The molecule has 1 saturated heterocycles. The normalized spacial score (nSPS) is 18.0. The minimum absolute atomic E-state index is 0.0996. The molecule has 0 aliphatic carbocycles. The fourth-order valence-electron chi connectivity index (χ4n) is 5.25. The second-order valence-electron chi connectivity index (χ2n) is 9.19. The van der Waals surface area contributed by atoms with Crippen molar-refractivity contribution < 1.29 is 9.53 Å². The number of nitrogens with zero attached hydrogens (tertiary/aromatic N) is 3. The van der Waals surface area contributed by atoms with Crippen molar-refractivity contribution >= 4 is 17.1 Å². The third-order valence-electron chi connectivity index (χ3n) is 6.93. The van der Waals surface area contributed by atoms with E-state index in [-0.39, 0.29) is 12.1 Å². The van der Waals surface area contributed by atoms with Crippen LogP contribution in [0.5, 0.6) is 5.75 Å². The molecule has 3 aromatic carbocycles. The number of ether oxygens (including phenoxy) is 1. The standard InChI is InChI=1S/C28H28N4O2/c1-19-29-24-11-9-22(17-25(24)30-19)21-10-12-27-23(16-21)18-31(14-15-34-27)28(33)32-13-5-8-26(32)20-6-3-2-4-7-20/h2-4,6-7,9-12,16-17,26H,5,8,13-15,18H2,1H3,(H,29,30). The number of rotatable bonds is 2. The van der Waals surface area contributed by atoms with Crippen LogP contribution in [0.25, 0.3) is 22.2 Å². The fraction of sp³-hybridized carbons (Fsp3) is 0.286. The largest absolute Gasteiger partial charge is 0.491 e. The molecule has 1 fully saturated rings. The fourth-order valence-corrected chi connectivity index (χ4v) is 5.25. The molecule has 2 aliphatic rings. The highest BCUT2D eigenvalue weighted by molar-refractivity contribution is 5.82. The number of carbonyl (C=O) groups excluding carboxylic acids is 1. The van der Waals surface area contributed by atoms with Crippen LogP contribution >= 0.6 is 0 Å². The molecule has 1 aromatic heterocycles. The van der Waals surface area contributed by atoms with E-state index in [9.17, 15) is 4.79 Å². The number of carbonyl (C=O) groups is 1. The van der Waals surface area contributed by atoms with E-state index < -0.39 is 0 Å². The zero-order valence-corrected chi connectivity index (χ0v) is 19.3. The van der Waals surface area contributed by atoms with Crippen LogP contribution < -0.4 is 4.74 Å². The third kappa shape index (κ3) is 3.79. The quantitative estimate of drug-likeness (QED) is 0.425. The zero-order valence-electron chi connectivity index (χ0n) is 19.3. The Bertz CT molecular complexity index is 1350. The minimum Gasteiger partial charge on any atom is -0.491 e. The lowest BCUT2D eigenvalue weighted by Crippen LogP contribution is -2.43. The monoisotopic (exact) mass is 452 g/mol. The second kappa shape index (κ2) is 8.52. The van der Waals surface area contributed by atoms with Crippen LogP contribution in [-0.2, 0) is 6.54 Å². The van der Waals surface area contributed by atoms with E-state index in [1.807, 2.05) is 34.9 Å². The number of aryl methyl sites for hydroxylation is 1. The van der Waals surface area contributed by atoms with Gasteiger partial charge in [-0.2, -0.15) is 0 Å². The molecular weight excluding hydrogens is 424 g/mol. The van der Waals surface area contributed by atoms with E-state index >= 15 is 0 Å². The van der Waals surface area contributed by atoms with E-state index in [4.69, 9.17) is 4.74 Å². The molecule has 2 aliphatic heterocycles. The number of likely N-dealkylation sites (tertiary alicyclic amines) is 1. The van der Waals surface area contributed by atoms with Gasteiger partial charge in [0.05, 0.1) is 30.2 Å². The number of benzene rings is 3. The molecule has 6 heteroatoms. The molecule has 0 radical (unpaired) electrons. The summed E-state index contributed by atoms with van der Waals surface area (Å²) in [7, 11) is 0. The predicted molar refractivity (Wildman–Crippen MR) is 133 cm³/mol. The Morgan fingerprint density at radius 1 is 1.03 bits per heavy atom. The number of aromatic nitrogens is 2. The van der Waals surface area contributed by atoms with Gasteiger partial charge in [-0.3, -0.25) is 0 Å². The van der Waals surface area contributed by atoms with Crippen LogP contribution in [0.4, 0.5) is 4.79 Å². The van der Waals surface area contributed by atoms with E-state index in [1.165, 1.54) is 5.56 Å². The first kappa shape index (κ1) is 20.8. The molecule has 1 atom stereocenters. The van der Waals surface area contributed by atoms with Crippen LogP contribution in [0.1, 0.15) is 35.8 Å². The van der Waals surface area contributed by atoms with Crippen LogP contribution in [-0.4, -0.2) is 45.5 Å². The van der Waals surface area contributed by atoms with Crippen molar-refractivity contribution in [3.63, 3.8) is 0 Å². The maximum Gasteiger partial charge on any atom is 0.320 e. The SMILES string of the molecule is Cc1nc2ccc(-c3ccc4c(c3)CN(C(=O)N3CCCC3c3ccccc3)CCO4)cc2[nH]1. The summed E-state index contributed by atoms with van der Waals surface area (Å²) in [5, 5.41) is 0. The first-order valence-electron chi connectivity index (χ1n) is 12.0. The third-order valence-corrected chi connectivity index (χ3v) is 6.93. The molecule has 6 rings (SSSR count). The van der Waals surface area contributed by atoms with Gasteiger partial charge in [0, 0.05) is 12.1 Å².